The highest BCUT2D eigenvalue weighted by Gasteiger charge is 2.55. The lowest BCUT2D eigenvalue weighted by atomic mass is 9.79. The molecule has 0 aromatic heterocycles. The molecule has 0 aromatic carbocycles. The minimum absolute atomic E-state index is 0.0100. The van der Waals surface area contributed by atoms with Crippen LogP contribution in [0.3, 0.4) is 0 Å². The SMILES string of the molecule is CCC1OC(=O)CC(O)C(C)C(OC2O[C@H](C)C(OC3CC[C@@H](O)[C@@H](C)O3)[C@H](N(C)C)[C@H]2O)C(CC=O)CC(C)C(=O)C=CC2(C)OC2C1C. The Hall–Kier alpha value is -1.81. The van der Waals surface area contributed by atoms with Crippen molar-refractivity contribution in [2.45, 2.75) is 166 Å². The summed E-state index contributed by atoms with van der Waals surface area (Å²) in [6, 6.07) is -0.603. The Morgan fingerprint density at radius 2 is 1.66 bits per heavy atom. The van der Waals surface area contributed by atoms with Crippen molar-refractivity contribution >= 4 is 18.0 Å². The highest BCUT2D eigenvalue weighted by atomic mass is 16.7. The smallest absolute Gasteiger partial charge is 0.308 e. The monoisotopic (exact) mass is 711 g/mol. The lowest BCUT2D eigenvalue weighted by molar-refractivity contribution is -0.332. The topological polar surface area (TPSA) is 174 Å². The molecule has 3 N–H and O–H groups in total. The molecule has 4 aliphatic rings. The molecule has 3 saturated heterocycles. The molecule has 50 heavy (non-hydrogen) atoms. The maximum absolute atomic E-state index is 13.4. The third-order valence-electron chi connectivity index (χ3n) is 11.3. The molecule has 0 radical (unpaired) electrons. The van der Waals surface area contributed by atoms with E-state index in [1.165, 1.54) is 6.08 Å². The van der Waals surface area contributed by atoms with Gasteiger partial charge in [0.1, 0.15) is 30.2 Å². The number of carbonyl (C=O) groups excluding carboxylic acids is 3. The predicted octanol–water partition coefficient (Wildman–Crippen LogP) is 2.55. The van der Waals surface area contributed by atoms with E-state index >= 15 is 0 Å². The molecule has 0 aliphatic carbocycles. The Bertz CT molecular complexity index is 1180. The molecule has 13 nitrogen and oxygen atoms in total. The number of esters is 1. The number of ether oxygens (including phenoxy) is 6. The second-order valence-electron chi connectivity index (χ2n) is 15.5. The standard InChI is InChI=1S/C37H61NO12/c1-10-28-21(4)35-37(7,50-35)15-13-25(40)19(2)17-24(14-16-39)33(20(3)27(42)18-29(43)47-28)49-36-32(44)31(38(8)9)34(23(6)46-36)48-30-12-11-26(41)22(5)45-30/h13,15-16,19-24,26-28,30-36,41-42,44H,10-12,14,17-18H2,1-9H3/t19?,20?,21?,22-,23-,24?,26-,27?,28?,30?,31-,32-,33?,34?,35?,36?,37?/m1/s1. The fraction of sp³-hybridized carbons (Fsp3) is 0.865. The van der Waals surface area contributed by atoms with Crippen LogP contribution in [-0.4, -0.2) is 132 Å². The Morgan fingerprint density at radius 3 is 2.28 bits per heavy atom. The summed E-state index contributed by atoms with van der Waals surface area (Å²) < 4.78 is 37.0. The van der Waals surface area contributed by atoms with Gasteiger partial charge in [-0.15, -0.1) is 0 Å². The molecule has 0 aromatic rings. The molecule has 4 heterocycles. The Balaban J connectivity index is 1.61. The Morgan fingerprint density at radius 1 is 0.960 bits per heavy atom. The molecule has 0 spiro atoms. The summed E-state index contributed by atoms with van der Waals surface area (Å²) in [5.41, 5.74) is -0.675. The highest BCUT2D eigenvalue weighted by molar-refractivity contribution is 5.91. The fourth-order valence-electron chi connectivity index (χ4n) is 7.96. The van der Waals surface area contributed by atoms with Gasteiger partial charge in [-0.05, 0) is 72.2 Å². The van der Waals surface area contributed by atoms with E-state index in [2.05, 4.69) is 0 Å². The normalized spacial score (nSPS) is 46.7. The number of nitrogens with zero attached hydrogens (tertiary/aromatic N) is 1. The number of aliphatic hydroxyl groups excluding tert-OH is 3. The summed E-state index contributed by atoms with van der Waals surface area (Å²) in [5.74, 6) is -2.66. The average Bonchev–Trinajstić information content (AvgIpc) is 3.74. The van der Waals surface area contributed by atoms with Crippen LogP contribution in [0.15, 0.2) is 12.2 Å². The van der Waals surface area contributed by atoms with Gasteiger partial charge >= 0.3 is 5.97 Å². The van der Waals surface area contributed by atoms with Crippen molar-refractivity contribution in [3.05, 3.63) is 12.2 Å². The van der Waals surface area contributed by atoms with E-state index < -0.39 is 96.8 Å². The van der Waals surface area contributed by atoms with E-state index in [-0.39, 0.29) is 37.1 Å². The number of hydrogen-bond acceptors (Lipinski definition) is 13. The number of ketones is 1. The zero-order valence-electron chi connectivity index (χ0n) is 31.2. The largest absolute Gasteiger partial charge is 0.462 e. The van der Waals surface area contributed by atoms with Crippen molar-refractivity contribution in [3.8, 4) is 0 Å². The molecular weight excluding hydrogens is 650 g/mol. The van der Waals surface area contributed by atoms with Gasteiger partial charge in [0.25, 0.3) is 0 Å². The molecule has 4 rings (SSSR count). The molecule has 13 heteroatoms. The summed E-state index contributed by atoms with van der Waals surface area (Å²) in [5, 5.41) is 33.4. The van der Waals surface area contributed by atoms with Crippen LogP contribution in [0.1, 0.15) is 87.0 Å². The summed E-state index contributed by atoms with van der Waals surface area (Å²) in [6.45, 7) is 12.9. The van der Waals surface area contributed by atoms with Crippen molar-refractivity contribution in [1.82, 2.24) is 4.90 Å². The summed E-state index contributed by atoms with van der Waals surface area (Å²) >= 11 is 0. The first-order valence-electron chi connectivity index (χ1n) is 18.4. The summed E-state index contributed by atoms with van der Waals surface area (Å²) in [7, 11) is 3.63. The fourth-order valence-corrected chi connectivity index (χ4v) is 7.96. The van der Waals surface area contributed by atoms with Gasteiger partial charge in [0.05, 0.1) is 49.1 Å². The maximum Gasteiger partial charge on any atom is 0.308 e. The third kappa shape index (κ3) is 9.59. The van der Waals surface area contributed by atoms with Crippen LogP contribution in [0.25, 0.3) is 0 Å². The van der Waals surface area contributed by atoms with Gasteiger partial charge in [0.2, 0.25) is 0 Å². The lowest BCUT2D eigenvalue weighted by Gasteiger charge is -2.49. The minimum atomic E-state index is -1.23. The number of likely N-dealkylation sites (N-methyl/N-ethyl adjacent to an activating group) is 1. The molecular formula is C37H61NO12. The molecule has 3 fully saturated rings. The second kappa shape index (κ2) is 17.3. The third-order valence-corrected chi connectivity index (χ3v) is 11.3. The van der Waals surface area contributed by atoms with Gasteiger partial charge in [-0.3, -0.25) is 9.59 Å². The zero-order chi connectivity index (χ0) is 37.1. The van der Waals surface area contributed by atoms with Crippen LogP contribution in [0, 0.1) is 23.7 Å². The first kappa shape index (κ1) is 41.0. The van der Waals surface area contributed by atoms with Gasteiger partial charge in [-0.25, -0.2) is 0 Å². The van der Waals surface area contributed by atoms with Crippen LogP contribution < -0.4 is 0 Å². The van der Waals surface area contributed by atoms with Crippen LogP contribution in [0.5, 0.6) is 0 Å². The number of rotatable bonds is 8. The predicted molar refractivity (Wildman–Crippen MR) is 182 cm³/mol. The van der Waals surface area contributed by atoms with Crippen molar-refractivity contribution in [1.29, 1.82) is 0 Å². The van der Waals surface area contributed by atoms with Crippen LogP contribution in [-0.2, 0) is 42.8 Å². The molecule has 0 saturated carbocycles. The van der Waals surface area contributed by atoms with Crippen molar-refractivity contribution in [3.63, 3.8) is 0 Å². The first-order chi connectivity index (χ1) is 23.5. The van der Waals surface area contributed by atoms with E-state index in [0.29, 0.717) is 19.3 Å². The van der Waals surface area contributed by atoms with E-state index in [4.69, 9.17) is 28.4 Å². The Labute approximate surface area is 296 Å². The molecule has 12 unspecified atom stereocenters. The first-order valence-corrected chi connectivity index (χ1v) is 18.4. The number of hydrogen-bond donors (Lipinski definition) is 3. The van der Waals surface area contributed by atoms with Gasteiger partial charge < -0.3 is 53.4 Å². The van der Waals surface area contributed by atoms with Gasteiger partial charge in [-0.2, -0.15) is 0 Å². The molecule has 17 atom stereocenters. The molecule has 0 bridgehead atoms. The van der Waals surface area contributed by atoms with E-state index in [1.807, 2.05) is 46.7 Å². The van der Waals surface area contributed by atoms with Crippen molar-refractivity contribution in [2.75, 3.05) is 14.1 Å². The summed E-state index contributed by atoms with van der Waals surface area (Å²) in [6.07, 6.45) is -2.51. The lowest BCUT2D eigenvalue weighted by Crippen LogP contribution is -2.64. The van der Waals surface area contributed by atoms with Gasteiger partial charge in [0, 0.05) is 30.6 Å². The number of aldehydes is 1. The molecule has 0 amide bonds. The summed E-state index contributed by atoms with van der Waals surface area (Å²) in [4.78, 5) is 40.5. The number of epoxide rings is 1. The quantitative estimate of drug-likeness (QED) is 0.191. The van der Waals surface area contributed by atoms with E-state index in [9.17, 15) is 29.7 Å². The maximum atomic E-state index is 13.4. The van der Waals surface area contributed by atoms with E-state index in [0.717, 1.165) is 6.29 Å². The van der Waals surface area contributed by atoms with Gasteiger partial charge in [0.15, 0.2) is 18.4 Å². The second-order valence-corrected chi connectivity index (χ2v) is 15.5. The Kier molecular flexibility index (Phi) is 14.2. The number of carbonyl (C=O) groups is 3. The average molecular weight is 712 g/mol. The van der Waals surface area contributed by atoms with Crippen molar-refractivity contribution < 1.29 is 58.1 Å². The highest BCUT2D eigenvalue weighted by Crippen LogP contribution is 2.45. The van der Waals surface area contributed by atoms with Crippen LogP contribution in [0.2, 0.25) is 0 Å². The van der Waals surface area contributed by atoms with Gasteiger partial charge in [-0.1, -0.05) is 27.7 Å². The number of fused-ring (bicyclic) bond motifs is 1. The minimum Gasteiger partial charge on any atom is -0.462 e. The van der Waals surface area contributed by atoms with Crippen molar-refractivity contribution in [2.24, 2.45) is 23.7 Å². The van der Waals surface area contributed by atoms with Crippen LogP contribution in [0.4, 0.5) is 0 Å². The number of cyclic esters (lactones) is 1. The zero-order valence-corrected chi connectivity index (χ0v) is 31.2. The number of allylic oxidation sites excluding steroid dienone is 1. The molecule has 4 aliphatic heterocycles. The van der Waals surface area contributed by atoms with E-state index in [1.54, 1.807) is 26.8 Å². The van der Waals surface area contributed by atoms with Crippen LogP contribution >= 0.6 is 0 Å². The number of aliphatic hydroxyl groups is 3. The molecule has 286 valence electrons.